The fourth-order valence-corrected chi connectivity index (χ4v) is 6.29. The molecule has 4 nitrogen and oxygen atoms in total. The van der Waals surface area contributed by atoms with E-state index in [0.29, 0.717) is 12.3 Å². The third kappa shape index (κ3) is 20.4. The molecule has 0 fully saturated rings. The van der Waals surface area contributed by atoms with Crippen molar-refractivity contribution >= 4 is 34.0 Å². The SMILES string of the molecule is CCCCCCCCCCCCCCCCCCS(=O)(=O)N(C)CCC[N+](C)(C)Cc1ccccc1.I. The molecule has 1 aromatic rings. The number of rotatable bonds is 24. The highest BCUT2D eigenvalue weighted by atomic mass is 127. The second-order valence-corrected chi connectivity index (χ2v) is 13.8. The summed E-state index contributed by atoms with van der Waals surface area (Å²) in [7, 11) is 3.06. The van der Waals surface area contributed by atoms with Crippen LogP contribution in [0.2, 0.25) is 0 Å². The van der Waals surface area contributed by atoms with Crippen LogP contribution in [0, 0.1) is 0 Å². The maximum atomic E-state index is 12.6. The molecule has 0 aromatic heterocycles. The summed E-state index contributed by atoms with van der Waals surface area (Å²) in [4.78, 5) is 0. The van der Waals surface area contributed by atoms with Crippen LogP contribution in [0.25, 0.3) is 0 Å². The van der Waals surface area contributed by atoms with Gasteiger partial charge in [0.1, 0.15) is 6.54 Å². The van der Waals surface area contributed by atoms with Crippen LogP contribution in [0.5, 0.6) is 0 Å². The second kappa shape index (κ2) is 22.6. The van der Waals surface area contributed by atoms with Crippen molar-refractivity contribution in [3.8, 4) is 0 Å². The molecule has 0 aliphatic rings. The Labute approximate surface area is 248 Å². The number of halogens is 1. The summed E-state index contributed by atoms with van der Waals surface area (Å²) in [5.74, 6) is 0.296. The van der Waals surface area contributed by atoms with Gasteiger partial charge in [-0.1, -0.05) is 134 Å². The van der Waals surface area contributed by atoms with Gasteiger partial charge in [0.25, 0.3) is 0 Å². The summed E-state index contributed by atoms with van der Waals surface area (Å²) < 4.78 is 27.7. The van der Waals surface area contributed by atoms with E-state index in [2.05, 4.69) is 45.3 Å². The Balaban J connectivity index is 0.0000130. The van der Waals surface area contributed by atoms with Gasteiger partial charge in [0.05, 0.1) is 26.4 Å². The van der Waals surface area contributed by atoms with E-state index in [1.807, 2.05) is 6.07 Å². The van der Waals surface area contributed by atoms with Crippen LogP contribution in [0.1, 0.15) is 122 Å². The standard InChI is InChI=1S/C31H59N2O2S.HI/c1-5-6-7-8-9-10-11-12-13-14-15-16-17-18-19-23-29-36(34,35)32(2)27-24-28-33(3,4)30-31-25-21-20-22-26-31;/h20-22,25-26H,5-19,23-24,27-30H2,1-4H3;1H/q+1;. The summed E-state index contributed by atoms with van der Waals surface area (Å²) in [6.45, 7) is 4.82. The van der Waals surface area contributed by atoms with Gasteiger partial charge in [-0.3, -0.25) is 0 Å². The number of sulfonamides is 1. The molecule has 0 spiro atoms. The second-order valence-electron chi connectivity index (χ2n) is 11.6. The number of hydrogen-bond donors (Lipinski definition) is 0. The summed E-state index contributed by atoms with van der Waals surface area (Å²) >= 11 is 0. The summed E-state index contributed by atoms with van der Waals surface area (Å²) in [6.07, 6.45) is 21.8. The van der Waals surface area contributed by atoms with Crippen molar-refractivity contribution in [2.24, 2.45) is 0 Å². The van der Waals surface area contributed by atoms with E-state index in [0.717, 1.165) is 36.8 Å². The fourth-order valence-electron chi connectivity index (χ4n) is 5.01. The lowest BCUT2D eigenvalue weighted by molar-refractivity contribution is -0.903. The zero-order valence-corrected chi connectivity index (χ0v) is 27.9. The molecule has 0 unspecified atom stereocenters. The lowest BCUT2D eigenvalue weighted by atomic mass is 10.0. The first kappa shape index (κ1) is 36.8. The van der Waals surface area contributed by atoms with Gasteiger partial charge in [-0.25, -0.2) is 12.7 Å². The first-order valence-electron chi connectivity index (χ1n) is 15.1. The first-order valence-corrected chi connectivity index (χ1v) is 16.7. The van der Waals surface area contributed by atoms with Crippen LogP contribution in [-0.2, 0) is 16.6 Å². The summed E-state index contributed by atoms with van der Waals surface area (Å²) in [5.41, 5.74) is 1.33. The minimum absolute atomic E-state index is 0. The predicted molar refractivity (Wildman–Crippen MR) is 173 cm³/mol. The van der Waals surface area contributed by atoms with Crippen LogP contribution in [0.4, 0.5) is 0 Å². The topological polar surface area (TPSA) is 37.4 Å². The Morgan fingerprint density at radius 3 is 1.57 bits per heavy atom. The summed E-state index contributed by atoms with van der Waals surface area (Å²) in [6, 6.07) is 10.5. The van der Waals surface area contributed by atoms with Crippen LogP contribution in [0.3, 0.4) is 0 Å². The quantitative estimate of drug-likeness (QED) is 0.0637. The molecule has 0 radical (unpaired) electrons. The number of nitrogens with zero attached hydrogens (tertiary/aromatic N) is 2. The van der Waals surface area contributed by atoms with Gasteiger partial charge in [0.15, 0.2) is 0 Å². The molecule has 0 aliphatic carbocycles. The Hall–Kier alpha value is -0.180. The largest absolute Gasteiger partial charge is 0.325 e. The maximum absolute atomic E-state index is 12.6. The Morgan fingerprint density at radius 1 is 0.676 bits per heavy atom. The zero-order valence-electron chi connectivity index (χ0n) is 24.8. The maximum Gasteiger partial charge on any atom is 0.213 e. The van der Waals surface area contributed by atoms with E-state index in [1.165, 1.54) is 95.5 Å². The van der Waals surface area contributed by atoms with Crippen LogP contribution in [-0.4, -0.2) is 57.2 Å². The van der Waals surface area contributed by atoms with Crippen molar-refractivity contribution in [2.45, 2.75) is 123 Å². The highest BCUT2D eigenvalue weighted by molar-refractivity contribution is 14.0. The molecule has 0 atom stereocenters. The van der Waals surface area contributed by atoms with E-state index in [9.17, 15) is 8.42 Å². The van der Waals surface area contributed by atoms with Gasteiger partial charge in [-0.05, 0) is 6.42 Å². The molecule has 1 rings (SSSR count). The zero-order chi connectivity index (χ0) is 26.5. The normalized spacial score (nSPS) is 12.1. The molecule has 6 heteroatoms. The van der Waals surface area contributed by atoms with E-state index >= 15 is 0 Å². The highest BCUT2D eigenvalue weighted by Gasteiger charge is 2.20. The molecule has 0 saturated heterocycles. The molecule has 0 bridgehead atoms. The highest BCUT2D eigenvalue weighted by Crippen LogP contribution is 2.15. The molecule has 0 aliphatic heterocycles. The number of benzene rings is 1. The first-order chi connectivity index (χ1) is 17.3. The lowest BCUT2D eigenvalue weighted by Gasteiger charge is -2.30. The smallest absolute Gasteiger partial charge is 0.213 e. The Bertz CT molecular complexity index is 741. The summed E-state index contributed by atoms with van der Waals surface area (Å²) in [5, 5.41) is 0. The van der Waals surface area contributed by atoms with E-state index in [4.69, 9.17) is 0 Å². The van der Waals surface area contributed by atoms with Crippen molar-refractivity contribution in [1.29, 1.82) is 0 Å². The number of quaternary nitrogens is 1. The molecule has 0 heterocycles. The number of hydrogen-bond acceptors (Lipinski definition) is 2. The van der Waals surface area contributed by atoms with Crippen molar-refractivity contribution in [3.05, 3.63) is 35.9 Å². The monoisotopic (exact) mass is 651 g/mol. The predicted octanol–water partition coefficient (Wildman–Crippen LogP) is 8.79. The molecule has 0 N–H and O–H groups in total. The molecule has 218 valence electrons. The van der Waals surface area contributed by atoms with Crippen molar-refractivity contribution in [3.63, 3.8) is 0 Å². The molecule has 0 amide bonds. The molecule has 0 saturated carbocycles. The van der Waals surface area contributed by atoms with Gasteiger partial charge < -0.3 is 4.48 Å². The lowest BCUT2D eigenvalue weighted by Crippen LogP contribution is -2.41. The Morgan fingerprint density at radius 2 is 1.11 bits per heavy atom. The van der Waals surface area contributed by atoms with Crippen molar-refractivity contribution in [1.82, 2.24) is 4.31 Å². The minimum Gasteiger partial charge on any atom is -0.325 e. The third-order valence-electron chi connectivity index (χ3n) is 7.42. The van der Waals surface area contributed by atoms with Gasteiger partial charge in [0.2, 0.25) is 10.0 Å². The van der Waals surface area contributed by atoms with Crippen LogP contribution < -0.4 is 0 Å². The molecular formula is C31H60IN2O2S+. The fraction of sp³-hybridized carbons (Fsp3) is 0.806. The van der Waals surface area contributed by atoms with Crippen LogP contribution in [0.15, 0.2) is 30.3 Å². The molecule has 1 aromatic carbocycles. The average molecular weight is 652 g/mol. The molecule has 37 heavy (non-hydrogen) atoms. The van der Waals surface area contributed by atoms with E-state index in [1.54, 1.807) is 11.4 Å². The van der Waals surface area contributed by atoms with E-state index in [-0.39, 0.29) is 24.0 Å². The number of unbranched alkanes of at least 4 members (excludes halogenated alkanes) is 15. The minimum atomic E-state index is -3.13. The van der Waals surface area contributed by atoms with Gasteiger partial charge in [0, 0.05) is 25.6 Å². The molecular weight excluding hydrogens is 591 g/mol. The van der Waals surface area contributed by atoms with Crippen molar-refractivity contribution in [2.75, 3.05) is 40.0 Å². The van der Waals surface area contributed by atoms with Crippen molar-refractivity contribution < 1.29 is 12.9 Å². The van der Waals surface area contributed by atoms with E-state index < -0.39 is 10.0 Å². The average Bonchev–Trinajstić information content (AvgIpc) is 2.84. The Kier molecular flexibility index (Phi) is 22.5. The van der Waals surface area contributed by atoms with Gasteiger partial charge in [-0.2, -0.15) is 0 Å². The third-order valence-corrected chi connectivity index (χ3v) is 9.36. The van der Waals surface area contributed by atoms with Gasteiger partial charge in [-0.15, -0.1) is 24.0 Å². The van der Waals surface area contributed by atoms with Gasteiger partial charge >= 0.3 is 0 Å². The van der Waals surface area contributed by atoms with Crippen LogP contribution >= 0.6 is 24.0 Å².